The molecular weight excluding hydrogens is 446 g/mol. The van der Waals surface area contributed by atoms with Crippen molar-refractivity contribution in [3.63, 3.8) is 0 Å². The number of aromatic hydroxyl groups is 1. The Morgan fingerprint density at radius 2 is 2.33 bits per heavy atom. The summed E-state index contributed by atoms with van der Waals surface area (Å²) in [5, 5.41) is 9.53. The van der Waals surface area contributed by atoms with E-state index in [4.69, 9.17) is 7.25 Å². The minimum absolute atomic E-state index is 0.125. The van der Waals surface area contributed by atoms with Crippen LogP contribution in [-0.4, -0.2) is 16.3 Å². The van der Waals surface area contributed by atoms with Crippen LogP contribution in [0.4, 0.5) is 0 Å². The first-order valence-corrected chi connectivity index (χ1v) is 9.99. The summed E-state index contributed by atoms with van der Waals surface area (Å²) in [4.78, 5) is 12.6. The van der Waals surface area contributed by atoms with Gasteiger partial charge in [0, 0.05) is 0 Å². The molecule has 7 heteroatoms. The Hall–Kier alpha value is 0.100. The molecule has 84 valence electrons. The minimum atomic E-state index is -0.464. The Morgan fingerprint density at radius 1 is 1.60 bits per heavy atom. The summed E-state index contributed by atoms with van der Waals surface area (Å²) in [6, 6.07) is 2.98. The van der Waals surface area contributed by atoms with Crippen molar-refractivity contribution in [3.8, 4) is 17.2 Å². The maximum atomic E-state index is 10.7. The number of benzene rings is 1. The van der Waals surface area contributed by atoms with Crippen LogP contribution in [0.2, 0.25) is 0 Å². The molecule has 0 unspecified atom stereocenters. The first-order valence-electron chi connectivity index (χ1n) is 3.66. The van der Waals surface area contributed by atoms with E-state index in [1.54, 1.807) is 6.07 Å². The van der Waals surface area contributed by atoms with Gasteiger partial charge in [-0.15, -0.1) is 0 Å². The van der Waals surface area contributed by atoms with Crippen LogP contribution in [0, 0.1) is 0 Å². The monoisotopic (exact) mass is 453 g/mol. The van der Waals surface area contributed by atoms with Gasteiger partial charge in [-0.3, -0.25) is 0 Å². The number of hydrogen-bond donors (Lipinski definition) is 1. The molecule has 0 saturated heterocycles. The van der Waals surface area contributed by atoms with Gasteiger partial charge in [-0.25, -0.2) is 0 Å². The zero-order valence-electron chi connectivity index (χ0n) is 7.57. The quantitative estimate of drug-likeness (QED) is 0.285. The van der Waals surface area contributed by atoms with Gasteiger partial charge < -0.3 is 0 Å². The van der Waals surface area contributed by atoms with Crippen LogP contribution < -0.4 is 28.9 Å². The Kier molecular flexibility index (Phi) is 5.82. The molecule has 0 aromatic heterocycles. The van der Waals surface area contributed by atoms with E-state index < -0.39 is 21.6 Å². The number of rotatable bonds is 5. The van der Waals surface area contributed by atoms with Crippen molar-refractivity contribution in [2.45, 2.75) is 0 Å². The van der Waals surface area contributed by atoms with E-state index in [0.29, 0.717) is 17.8 Å². The van der Waals surface area contributed by atoms with Crippen LogP contribution in [0.3, 0.4) is 0 Å². The predicted octanol–water partition coefficient (Wildman–Crippen LogP) is -0.406. The second kappa shape index (κ2) is 6.63. The Morgan fingerprint density at radius 3 is 2.87 bits per heavy atom. The summed E-state index contributed by atoms with van der Waals surface area (Å²) in [7, 11) is 1.13. The summed E-state index contributed by atoms with van der Waals surface area (Å²) in [5.74, 6) is 0.714. The molecule has 0 radical (unpaired) electrons. The molecule has 0 amide bonds. The molecule has 0 aliphatic rings. The number of phenolic OH excluding ortho intramolecular Hbond substituents is 1. The van der Waals surface area contributed by atoms with Crippen LogP contribution in [0.5, 0.6) is 17.2 Å². The molecule has 0 heterocycles. The molecule has 1 rings (SSSR count). The Bertz CT molecular complexity index is 359. The molecule has 0 aliphatic heterocycles. The van der Waals surface area contributed by atoms with Crippen LogP contribution in [0.15, 0.2) is 12.1 Å². The van der Waals surface area contributed by atoms with Crippen molar-refractivity contribution in [2.24, 2.45) is 0 Å². The summed E-state index contributed by atoms with van der Waals surface area (Å²) in [6.07, 6.45) is 0.574. The third kappa shape index (κ3) is 3.55. The Labute approximate surface area is 114 Å². The molecule has 1 aromatic carbocycles. The van der Waals surface area contributed by atoms with E-state index in [0.717, 1.165) is 9.21 Å². The fourth-order valence-electron chi connectivity index (χ4n) is 0.937. The van der Waals surface area contributed by atoms with Crippen LogP contribution >= 0.6 is 30.4 Å². The van der Waals surface area contributed by atoms with Crippen molar-refractivity contribution in [1.29, 1.82) is 0 Å². The van der Waals surface area contributed by atoms with Gasteiger partial charge in [0.1, 0.15) is 0 Å². The fraction of sp³-hybridized carbons (Fsp3) is 0.125. The van der Waals surface area contributed by atoms with Crippen LogP contribution in [0.25, 0.3) is 0 Å². The Balaban J connectivity index is 3.12. The van der Waals surface area contributed by atoms with Crippen molar-refractivity contribution in [3.05, 3.63) is 17.7 Å². The third-order valence-corrected chi connectivity index (χ3v) is 3.21. The topological polar surface area (TPSA) is 55.8 Å². The van der Waals surface area contributed by atoms with Crippen molar-refractivity contribution >= 4 is 36.7 Å². The van der Waals surface area contributed by atoms with Gasteiger partial charge in [0.05, 0.1) is 0 Å². The standard InChI is InChI=1S/C8H7I2O4S/c1-10-13-8-3-5(14-15-9)2-7(12)6(8)4-11/h2-4,12H,1H3/q-1. The average molecular weight is 453 g/mol. The molecule has 4 nitrogen and oxygen atoms in total. The van der Waals surface area contributed by atoms with Gasteiger partial charge >= 0.3 is 115 Å². The second-order valence-corrected chi connectivity index (χ2v) is 5.04. The van der Waals surface area contributed by atoms with Crippen molar-refractivity contribution < 1.29 is 38.8 Å². The molecule has 0 aliphatic carbocycles. The number of phenols is 1. The summed E-state index contributed by atoms with van der Waals surface area (Å²) < 4.78 is 10.5. The third-order valence-electron chi connectivity index (χ3n) is 1.50. The van der Waals surface area contributed by atoms with Gasteiger partial charge in [0.2, 0.25) is 0 Å². The van der Waals surface area contributed by atoms with Crippen molar-refractivity contribution in [2.75, 3.05) is 4.93 Å². The fourth-order valence-corrected chi connectivity index (χ4v) is 2.57. The van der Waals surface area contributed by atoms with E-state index >= 15 is 0 Å². The number of carbonyl (C=O) groups excluding carboxylic acids is 1. The molecule has 15 heavy (non-hydrogen) atoms. The zero-order valence-corrected chi connectivity index (χ0v) is 12.7. The molecule has 1 aromatic rings. The van der Waals surface area contributed by atoms with Gasteiger partial charge in [0.15, 0.2) is 0 Å². The maximum absolute atomic E-state index is 10.7. The van der Waals surface area contributed by atoms with Crippen molar-refractivity contribution in [1.82, 2.24) is 0 Å². The summed E-state index contributed by atoms with van der Waals surface area (Å²) in [6.45, 7) is 0. The molecule has 0 saturated carbocycles. The number of carbonyl (C=O) groups is 1. The van der Waals surface area contributed by atoms with Gasteiger partial charge in [-0.1, -0.05) is 0 Å². The molecule has 0 fully saturated rings. The number of aldehydes is 1. The number of alkyl halides is 1. The van der Waals surface area contributed by atoms with E-state index in [2.05, 4.69) is 0 Å². The second-order valence-electron chi connectivity index (χ2n) is 2.35. The number of halogens is 2. The first-order chi connectivity index (χ1) is 7.22. The van der Waals surface area contributed by atoms with Gasteiger partial charge in [-0.05, 0) is 0 Å². The van der Waals surface area contributed by atoms with E-state index in [1.165, 1.54) is 6.07 Å². The van der Waals surface area contributed by atoms with E-state index in [-0.39, 0.29) is 11.3 Å². The average Bonchev–Trinajstić information content (AvgIpc) is 2.18. The SMILES string of the molecule is C[I-]Oc1cc(OSI)cc(O)c1C=O. The predicted molar refractivity (Wildman–Crippen MR) is 62.3 cm³/mol. The van der Waals surface area contributed by atoms with Crippen LogP contribution in [-0.2, 0) is 0 Å². The molecular formula is C8H7I2O4S-. The van der Waals surface area contributed by atoms with E-state index in [1.807, 2.05) is 26.1 Å². The zero-order chi connectivity index (χ0) is 11.3. The van der Waals surface area contributed by atoms with E-state index in [9.17, 15) is 9.90 Å². The molecule has 0 bridgehead atoms. The van der Waals surface area contributed by atoms with Gasteiger partial charge in [0.25, 0.3) is 0 Å². The summed E-state index contributed by atoms with van der Waals surface area (Å²) >= 11 is 1.50. The first kappa shape index (κ1) is 13.2. The van der Waals surface area contributed by atoms with Gasteiger partial charge in [-0.2, -0.15) is 0 Å². The molecule has 1 N–H and O–H groups in total. The normalized spacial score (nSPS) is 10.0. The molecule has 0 spiro atoms. The molecule has 0 atom stereocenters. The number of hydrogen-bond acceptors (Lipinski definition) is 5. The van der Waals surface area contributed by atoms with Crippen LogP contribution in [0.1, 0.15) is 10.4 Å². The summed E-state index contributed by atoms with van der Waals surface area (Å²) in [5.41, 5.74) is 0.169.